The van der Waals surface area contributed by atoms with Crippen molar-refractivity contribution in [3.8, 4) is 22.7 Å². The van der Waals surface area contributed by atoms with E-state index in [2.05, 4.69) is 20.4 Å². The van der Waals surface area contributed by atoms with Gasteiger partial charge in [-0.15, -0.1) is 0 Å². The first-order chi connectivity index (χ1) is 24.0. The second-order valence-corrected chi connectivity index (χ2v) is 13.2. The fourth-order valence-corrected chi connectivity index (χ4v) is 7.22. The Balaban J connectivity index is 1.34. The van der Waals surface area contributed by atoms with Crippen LogP contribution in [0.5, 0.6) is 5.88 Å². The molecule has 2 aromatic heterocycles. The first-order valence-electron chi connectivity index (χ1n) is 16.4. The lowest BCUT2D eigenvalue weighted by atomic mass is 9.71. The molecule has 2 aromatic carbocycles. The van der Waals surface area contributed by atoms with Crippen molar-refractivity contribution < 1.29 is 41.0 Å². The molecule has 6 rings (SSSR count). The first-order valence-corrected chi connectivity index (χ1v) is 16.4. The smallest absolute Gasteiger partial charge is 0.435 e. The zero-order chi connectivity index (χ0) is 36.9. The van der Waals surface area contributed by atoms with E-state index in [0.717, 1.165) is 34.5 Å². The molecular formula is C35H37F6N7O3. The summed E-state index contributed by atoms with van der Waals surface area (Å²) in [5, 5.41) is 16.4. The van der Waals surface area contributed by atoms with E-state index in [1.165, 1.54) is 18.2 Å². The lowest BCUT2D eigenvalue weighted by Gasteiger charge is -2.43. The molecule has 51 heavy (non-hydrogen) atoms. The number of carbonyl (C=O) groups is 1. The van der Waals surface area contributed by atoms with Gasteiger partial charge in [0.05, 0.1) is 5.69 Å². The van der Waals surface area contributed by atoms with Crippen LogP contribution in [0.15, 0.2) is 54.7 Å². The van der Waals surface area contributed by atoms with Gasteiger partial charge in [0, 0.05) is 37.0 Å². The summed E-state index contributed by atoms with van der Waals surface area (Å²) in [5.74, 6) is -1.50. The average Bonchev–Trinajstić information content (AvgIpc) is 3.71. The number of anilines is 2. The molecule has 1 spiro atoms. The third-order valence-electron chi connectivity index (χ3n) is 10.1. The summed E-state index contributed by atoms with van der Waals surface area (Å²) in [6.45, 7) is 6.64. The van der Waals surface area contributed by atoms with E-state index >= 15 is 0 Å². The van der Waals surface area contributed by atoms with Gasteiger partial charge in [-0.2, -0.15) is 41.4 Å². The van der Waals surface area contributed by atoms with Crippen molar-refractivity contribution in [3.05, 3.63) is 77.1 Å². The maximum absolute atomic E-state index is 14.9. The van der Waals surface area contributed by atoms with Crippen molar-refractivity contribution in [2.45, 2.75) is 77.0 Å². The predicted molar refractivity (Wildman–Crippen MR) is 176 cm³/mol. The third-order valence-corrected chi connectivity index (χ3v) is 10.1. The number of aliphatic carboxylic acids is 1. The van der Waals surface area contributed by atoms with Gasteiger partial charge in [-0.3, -0.25) is 4.79 Å². The number of nitrogens with one attached hydrogen (secondary N) is 1. The van der Waals surface area contributed by atoms with E-state index in [9.17, 15) is 36.2 Å². The monoisotopic (exact) mass is 717 g/mol. The van der Waals surface area contributed by atoms with E-state index in [4.69, 9.17) is 10.5 Å². The molecule has 272 valence electrons. The third kappa shape index (κ3) is 7.32. The molecule has 2 aliphatic heterocycles. The maximum atomic E-state index is 14.9. The number of piperidine rings is 1. The lowest BCUT2D eigenvalue weighted by Crippen LogP contribution is -2.46. The number of carboxylic acid groups (broad SMARTS) is 1. The minimum atomic E-state index is -5.06. The van der Waals surface area contributed by atoms with Gasteiger partial charge in [0.1, 0.15) is 11.9 Å². The topological polar surface area (TPSA) is 131 Å². The Kier molecular flexibility index (Phi) is 9.42. The zero-order valence-corrected chi connectivity index (χ0v) is 28.0. The molecular weight excluding hydrogens is 680 g/mol. The van der Waals surface area contributed by atoms with Crippen LogP contribution in [0, 0.1) is 19.3 Å². The van der Waals surface area contributed by atoms with Gasteiger partial charge in [0.25, 0.3) is 0 Å². The first kappa shape index (κ1) is 35.9. The molecule has 16 heteroatoms. The highest BCUT2D eigenvalue weighted by atomic mass is 19.4. The van der Waals surface area contributed by atoms with E-state index in [-0.39, 0.29) is 28.9 Å². The summed E-state index contributed by atoms with van der Waals surface area (Å²) < 4.78 is 91.7. The molecule has 0 radical (unpaired) electrons. The van der Waals surface area contributed by atoms with Crippen LogP contribution in [-0.2, 0) is 11.0 Å². The van der Waals surface area contributed by atoms with Crippen LogP contribution in [0.1, 0.15) is 61.1 Å². The van der Waals surface area contributed by atoms with Crippen LogP contribution in [0.25, 0.3) is 16.8 Å². The average molecular weight is 718 g/mol. The summed E-state index contributed by atoms with van der Waals surface area (Å²) in [6.07, 6.45) is -9.18. The second kappa shape index (κ2) is 13.4. The van der Waals surface area contributed by atoms with Crippen LogP contribution < -0.4 is 20.7 Å². The minimum absolute atomic E-state index is 0.000250. The van der Waals surface area contributed by atoms with Crippen molar-refractivity contribution in [2.24, 2.45) is 5.41 Å². The second-order valence-electron chi connectivity index (χ2n) is 13.2. The summed E-state index contributed by atoms with van der Waals surface area (Å²) >= 11 is 0. The van der Waals surface area contributed by atoms with E-state index in [1.807, 2.05) is 37.8 Å². The molecule has 0 bridgehead atoms. The number of benzene rings is 2. The molecule has 4 heterocycles. The van der Waals surface area contributed by atoms with Crippen molar-refractivity contribution in [3.63, 3.8) is 0 Å². The standard InChI is InChI=1S/C35H37F6N7O3/c1-4-26-33(18-24(43-26)31(49)50)10-13-47(14-11-33)28-17-29(45-32(42)44-28)51-30(35(39,40)41)23-8-7-22(21-6-5-19(2)20(3)15-21)16-25(23)48-12-9-27(46-48)34(36,37)38/h5-9,12,15-17,24,26,30,43H,4,10-11,13-14,18H2,1-3H3,(H,49,50)(H2,42,44,45)/t24?,26?,30-/m1/s1. The molecule has 2 aliphatic rings. The summed E-state index contributed by atoms with van der Waals surface area (Å²) in [6, 6.07) is 10.7. The highest BCUT2D eigenvalue weighted by Gasteiger charge is 2.50. The minimum Gasteiger partial charge on any atom is -0.480 e. The summed E-state index contributed by atoms with van der Waals surface area (Å²) in [7, 11) is 0. The SMILES string of the molecule is CCC1NC(C(=O)O)CC12CCN(c1cc(O[C@H](c3ccc(-c4ccc(C)c(C)c4)cc3-n3ccc(C(F)(F)F)n3)C(F)(F)F)nc(N)n1)CC2. The number of ether oxygens (including phenoxy) is 1. The van der Waals surface area contributed by atoms with Crippen molar-refractivity contribution in [1.29, 1.82) is 0 Å². The molecule has 0 saturated carbocycles. The quantitative estimate of drug-likeness (QED) is 0.164. The predicted octanol–water partition coefficient (Wildman–Crippen LogP) is 7.04. The number of nitrogens with two attached hydrogens (primary N) is 1. The molecule has 2 unspecified atom stereocenters. The largest absolute Gasteiger partial charge is 0.480 e. The highest BCUT2D eigenvalue weighted by Crippen LogP contribution is 2.46. The molecule has 4 N–H and O–H groups in total. The van der Waals surface area contributed by atoms with Gasteiger partial charge in [-0.05, 0) is 79.3 Å². The number of rotatable bonds is 8. The molecule has 4 aromatic rings. The van der Waals surface area contributed by atoms with Gasteiger partial charge in [-0.25, -0.2) is 4.68 Å². The van der Waals surface area contributed by atoms with Crippen LogP contribution in [-0.4, -0.2) is 62.2 Å². The van der Waals surface area contributed by atoms with Gasteiger partial charge < -0.3 is 25.8 Å². The Labute approximate surface area is 289 Å². The van der Waals surface area contributed by atoms with Crippen molar-refractivity contribution >= 4 is 17.7 Å². The maximum Gasteiger partial charge on any atom is 0.435 e. The van der Waals surface area contributed by atoms with Crippen LogP contribution in [0.3, 0.4) is 0 Å². The van der Waals surface area contributed by atoms with Crippen LogP contribution >= 0.6 is 0 Å². The highest BCUT2D eigenvalue weighted by molar-refractivity contribution is 5.74. The van der Waals surface area contributed by atoms with Crippen LogP contribution in [0.2, 0.25) is 0 Å². The van der Waals surface area contributed by atoms with E-state index in [0.29, 0.717) is 49.5 Å². The number of nitrogens with zero attached hydrogens (tertiary/aromatic N) is 5. The Hall–Kier alpha value is -4.86. The van der Waals surface area contributed by atoms with E-state index in [1.54, 1.807) is 6.07 Å². The molecule has 3 atom stereocenters. The molecule has 0 amide bonds. The number of aryl methyl sites for hydroxylation is 2. The molecule has 2 fully saturated rings. The molecule has 10 nitrogen and oxygen atoms in total. The van der Waals surface area contributed by atoms with Crippen LogP contribution in [0.4, 0.5) is 38.1 Å². The number of alkyl halides is 6. The normalized spacial score (nSPS) is 19.7. The summed E-state index contributed by atoms with van der Waals surface area (Å²) in [5.41, 5.74) is 6.66. The fourth-order valence-electron chi connectivity index (χ4n) is 7.22. The number of aromatic nitrogens is 4. The number of carboxylic acids is 1. The number of hydrogen-bond donors (Lipinski definition) is 3. The van der Waals surface area contributed by atoms with Crippen molar-refractivity contribution in [1.82, 2.24) is 25.1 Å². The Bertz CT molecular complexity index is 1920. The van der Waals surface area contributed by atoms with Gasteiger partial charge in [-0.1, -0.05) is 37.3 Å². The Morgan fingerprint density at radius 3 is 2.31 bits per heavy atom. The van der Waals surface area contributed by atoms with Crippen molar-refractivity contribution in [2.75, 3.05) is 23.7 Å². The number of halogens is 6. The van der Waals surface area contributed by atoms with Gasteiger partial charge in [0.2, 0.25) is 17.9 Å². The van der Waals surface area contributed by atoms with E-state index < -0.39 is 47.6 Å². The lowest BCUT2D eigenvalue weighted by molar-refractivity contribution is -0.198. The molecule has 0 aliphatic carbocycles. The Morgan fingerprint density at radius 2 is 1.71 bits per heavy atom. The van der Waals surface area contributed by atoms with Gasteiger partial charge >= 0.3 is 18.3 Å². The number of hydrogen-bond acceptors (Lipinski definition) is 8. The van der Waals surface area contributed by atoms with Gasteiger partial charge in [0.15, 0.2) is 5.69 Å². The Morgan fingerprint density at radius 1 is 1.02 bits per heavy atom. The summed E-state index contributed by atoms with van der Waals surface area (Å²) in [4.78, 5) is 21.7. The fraction of sp³-hybridized carbons (Fsp3) is 0.429. The zero-order valence-electron chi connectivity index (χ0n) is 28.0. The molecule has 2 saturated heterocycles. The number of nitrogen functional groups attached to an aromatic ring is 1.